The molecule has 2 aromatic heterocycles. The Morgan fingerprint density at radius 1 is 0.161 bits per heavy atom. The minimum Gasteiger partial charge on any atom is -0.310 e. The van der Waals surface area contributed by atoms with Crippen molar-refractivity contribution in [2.45, 2.75) is 40.9 Å². The molecule has 0 saturated heterocycles. The van der Waals surface area contributed by atoms with Crippen molar-refractivity contribution in [3.8, 4) is 100 Å². The molecular formula is C139H88N2S2. The Morgan fingerprint density at radius 3 is 0.923 bits per heavy atom. The van der Waals surface area contributed by atoms with E-state index in [1.165, 1.54) is 213 Å². The van der Waals surface area contributed by atoms with Gasteiger partial charge in [-0.25, -0.2) is 0 Å². The van der Waals surface area contributed by atoms with E-state index in [1.54, 1.807) is 0 Å². The first-order valence-corrected chi connectivity index (χ1v) is 51.7. The average Bonchev–Trinajstić information content (AvgIpc) is 1.52. The van der Waals surface area contributed by atoms with E-state index in [0.717, 1.165) is 61.9 Å². The van der Waals surface area contributed by atoms with Crippen LogP contribution in [0.5, 0.6) is 0 Å². The van der Waals surface area contributed by atoms with Gasteiger partial charge in [0.05, 0.1) is 37.7 Å². The largest absolute Gasteiger partial charge is 0.310 e. The number of nitrogens with zero attached hydrogens (tertiary/aromatic N) is 2. The lowest BCUT2D eigenvalue weighted by molar-refractivity contribution is 0.633. The quantitative estimate of drug-likeness (QED) is 0.135. The number of benzene rings is 22. The molecule has 31 rings (SSSR count). The topological polar surface area (TPSA) is 6.48 Å². The van der Waals surface area contributed by atoms with Crippen molar-refractivity contribution in [3.05, 3.63) is 598 Å². The van der Waals surface area contributed by atoms with Crippen LogP contribution in [0.15, 0.2) is 497 Å². The molecule has 0 aliphatic heterocycles. The summed E-state index contributed by atoms with van der Waals surface area (Å²) in [5, 5.41) is 4.98. The zero-order valence-corrected chi connectivity index (χ0v) is 80.2. The van der Waals surface area contributed by atoms with Crippen molar-refractivity contribution >= 4 is 97.1 Å². The van der Waals surface area contributed by atoms with Gasteiger partial charge in [0.15, 0.2) is 0 Å². The summed E-state index contributed by atoms with van der Waals surface area (Å²) in [5.41, 5.74) is 50.2. The molecule has 2 nitrogen and oxygen atoms in total. The van der Waals surface area contributed by atoms with Crippen molar-refractivity contribution < 1.29 is 0 Å². The third-order valence-corrected chi connectivity index (χ3v) is 36.0. The van der Waals surface area contributed by atoms with Crippen LogP contribution < -0.4 is 9.80 Å². The predicted octanol–water partition coefficient (Wildman–Crippen LogP) is 36.4. The third-order valence-electron chi connectivity index (χ3n) is 33.7. The summed E-state index contributed by atoms with van der Waals surface area (Å²) in [5.74, 6) is 0. The van der Waals surface area contributed by atoms with Crippen molar-refractivity contribution in [3.63, 3.8) is 0 Å². The lowest BCUT2D eigenvalue weighted by Gasteiger charge is -2.49. The maximum absolute atomic E-state index is 2.59. The Bertz CT molecular complexity index is 9450. The van der Waals surface area contributed by atoms with Gasteiger partial charge in [-0.15, -0.1) is 22.7 Å². The number of hydrogen-bond acceptors (Lipinski definition) is 4. The first kappa shape index (κ1) is 80.8. The number of hydrogen-bond donors (Lipinski definition) is 0. The fraction of sp³-hybridized carbons (Fsp3) is 0.0504. The van der Waals surface area contributed by atoms with Crippen molar-refractivity contribution in [2.75, 3.05) is 9.80 Å². The highest BCUT2D eigenvalue weighted by atomic mass is 32.1. The monoisotopic (exact) mass is 1850 g/mol. The zero-order valence-electron chi connectivity index (χ0n) is 78.6. The van der Waals surface area contributed by atoms with E-state index in [1.807, 2.05) is 22.7 Å². The second kappa shape index (κ2) is 30.0. The van der Waals surface area contributed by atoms with E-state index in [9.17, 15) is 0 Å². The maximum Gasteiger partial charge on any atom is 0.0720 e. The SMILES string of the molecule is CC1(C)c2ccccc2-c2ccc(N(c3ccc(-c4ccc5c(c4)C4(c6ccccc6-c6ccccc64)c4ccccc4C54c5ccccc5-c5ccccc54)cc3)c3cccc4c3sc3ccc(-c5ccc(-c6cccc(N(c7cccc(-c8ccc9c(c8)C8(c%10ccccc%10-c%10ccccc%108)c8ccccc8C98c9ccccc9-c9ccccc98)c7)c7cccc8sc9ccccc9c78)c6)cc5)cc34)cc21. The van der Waals surface area contributed by atoms with Crippen LogP contribution >= 0.6 is 22.7 Å². The van der Waals surface area contributed by atoms with Crippen molar-refractivity contribution in [2.24, 2.45) is 0 Å². The van der Waals surface area contributed by atoms with Crippen LogP contribution in [0, 0.1) is 0 Å². The Hall–Kier alpha value is -17.1. The van der Waals surface area contributed by atoms with Gasteiger partial charge in [0.25, 0.3) is 0 Å². The molecule has 0 bridgehead atoms. The molecule has 0 amide bonds. The zero-order chi connectivity index (χ0) is 93.9. The van der Waals surface area contributed by atoms with Gasteiger partial charge >= 0.3 is 0 Å². The number of rotatable bonds is 10. The van der Waals surface area contributed by atoms with Gasteiger partial charge in [-0.2, -0.15) is 0 Å². The molecule has 0 fully saturated rings. The summed E-state index contributed by atoms with van der Waals surface area (Å²) in [6.45, 7) is 4.80. The van der Waals surface area contributed by atoms with Gasteiger partial charge in [0.1, 0.15) is 0 Å². The van der Waals surface area contributed by atoms with Gasteiger partial charge in [-0.3, -0.25) is 0 Å². The molecule has 0 radical (unpaired) electrons. The summed E-state index contributed by atoms with van der Waals surface area (Å²) >= 11 is 3.76. The molecule has 22 aromatic carbocycles. The highest BCUT2D eigenvalue weighted by Crippen LogP contribution is 2.71. The first-order valence-electron chi connectivity index (χ1n) is 50.1. The number of anilines is 6. The first-order chi connectivity index (χ1) is 70.7. The normalized spacial score (nSPS) is 14.6. The highest BCUT2D eigenvalue weighted by Gasteiger charge is 2.62. The van der Waals surface area contributed by atoms with E-state index in [-0.39, 0.29) is 5.41 Å². The van der Waals surface area contributed by atoms with Gasteiger partial charge in [-0.1, -0.05) is 414 Å². The Balaban J connectivity index is 0.515. The second-order valence-electron chi connectivity index (χ2n) is 40.5. The molecule has 2 heterocycles. The third kappa shape index (κ3) is 10.7. The summed E-state index contributed by atoms with van der Waals surface area (Å²) < 4.78 is 5.01. The van der Waals surface area contributed by atoms with Crippen LogP contribution in [0.1, 0.15) is 114 Å². The molecular weight excluding hydrogens is 1760 g/mol. The summed E-state index contributed by atoms with van der Waals surface area (Å²) in [6.07, 6.45) is 0. The fourth-order valence-corrected chi connectivity index (χ4v) is 30.2. The lowest BCUT2D eigenvalue weighted by Crippen LogP contribution is -2.43. The van der Waals surface area contributed by atoms with E-state index in [2.05, 4.69) is 521 Å². The van der Waals surface area contributed by atoms with Crippen LogP contribution in [-0.2, 0) is 27.1 Å². The van der Waals surface area contributed by atoms with E-state index < -0.39 is 21.7 Å². The fourth-order valence-electron chi connectivity index (χ4n) is 27.9. The minimum absolute atomic E-state index is 0.217. The Labute approximate surface area is 839 Å². The Kier molecular flexibility index (Phi) is 16.9. The van der Waals surface area contributed by atoms with Crippen molar-refractivity contribution in [1.29, 1.82) is 0 Å². The van der Waals surface area contributed by atoms with Gasteiger partial charge < -0.3 is 9.80 Å². The molecule has 0 N–H and O–H groups in total. The molecule has 24 aromatic rings. The van der Waals surface area contributed by atoms with E-state index in [0.29, 0.717) is 0 Å². The molecule has 4 heteroatoms. The average molecular weight is 1850 g/mol. The molecule has 0 unspecified atom stereocenters. The van der Waals surface area contributed by atoms with Crippen LogP contribution in [0.4, 0.5) is 34.1 Å². The van der Waals surface area contributed by atoms with Crippen LogP contribution in [0.25, 0.3) is 140 Å². The maximum atomic E-state index is 2.59. The molecule has 4 spiro atoms. The summed E-state index contributed by atoms with van der Waals surface area (Å²) in [4.78, 5) is 5.07. The van der Waals surface area contributed by atoms with E-state index in [4.69, 9.17) is 0 Å². The molecule has 143 heavy (non-hydrogen) atoms. The summed E-state index contributed by atoms with van der Waals surface area (Å²) in [6, 6.07) is 191. The van der Waals surface area contributed by atoms with Crippen LogP contribution in [-0.4, -0.2) is 0 Å². The second-order valence-corrected chi connectivity index (χ2v) is 42.6. The van der Waals surface area contributed by atoms with Crippen molar-refractivity contribution in [1.82, 2.24) is 0 Å². The van der Waals surface area contributed by atoms with Gasteiger partial charge in [-0.05, 0) is 297 Å². The number of thiophene rings is 2. The highest BCUT2D eigenvalue weighted by molar-refractivity contribution is 7.26. The standard InChI is InChI=1S/C139H88N2S2/c1-135(2)110-46-13-3-35-97(110)106-75-74-96(84-125(106)135)140(93-72-67-87(68-73-93)91-69-76-123-126(82-91)138(115-51-18-8-40-102(115)103-41-9-19-52-116(103)138)121-57-24-22-55-119(121)136(123)111-47-14-4-36-98(111)99-37-5-15-48-112(99)136)129-60-29-45-107-109-81-90(71-78-131(109)143-134(107)129)86-65-63-85(64-66-86)88-31-27-33-94(79-88)141(128-59-30-62-132-133(128)108-44-12-26-61-130(108)142-132)95-34-28-32-89(80-95)92-70-77-124-127(83-92)139(117-53-20-10-42-104(117)105-43-11-21-54-118(105)139)122-58-25-23-56-120(122)137(124)113-49-16-6-38-100(113)101-39-7-17-50-114(101)137/h3-84H,1-2H3. The minimum atomic E-state index is -0.628. The van der Waals surface area contributed by atoms with Gasteiger partial charge in [0.2, 0.25) is 0 Å². The predicted molar refractivity (Wildman–Crippen MR) is 597 cm³/mol. The Morgan fingerprint density at radius 2 is 0.455 bits per heavy atom. The van der Waals surface area contributed by atoms with Gasteiger partial charge in [0, 0.05) is 63.8 Å². The molecule has 666 valence electrons. The smallest absolute Gasteiger partial charge is 0.0720 e. The number of fused-ring (bicyclic) bond motifs is 41. The lowest BCUT2D eigenvalue weighted by atomic mass is 9.52. The van der Waals surface area contributed by atoms with E-state index >= 15 is 0 Å². The molecule has 7 aliphatic rings. The molecule has 0 saturated carbocycles. The molecule has 0 atom stereocenters. The van der Waals surface area contributed by atoms with Crippen LogP contribution in [0.3, 0.4) is 0 Å². The summed E-state index contributed by atoms with van der Waals surface area (Å²) in [7, 11) is 0. The van der Waals surface area contributed by atoms with Crippen LogP contribution in [0.2, 0.25) is 0 Å². The molecule has 7 aliphatic carbocycles.